The molecule has 0 atom stereocenters. The summed E-state index contributed by atoms with van der Waals surface area (Å²) in [5.74, 6) is -0.644. The molecule has 16 rings (SSSR count). The lowest BCUT2D eigenvalue weighted by Gasteiger charge is -2.31. The molecular formula is C85H101F3N20O13. The number of likely N-dealkylation sites (tertiary alicyclic amines) is 4. The highest BCUT2D eigenvalue weighted by Crippen LogP contribution is 2.28. The molecule has 3 aromatic carbocycles. The molecule has 4 aliphatic rings. The summed E-state index contributed by atoms with van der Waals surface area (Å²) < 4.78 is 61.4. The number of piperidine rings is 4. The van der Waals surface area contributed by atoms with Crippen LogP contribution in [0.2, 0.25) is 0 Å². The van der Waals surface area contributed by atoms with Crippen molar-refractivity contribution in [3.05, 3.63) is 240 Å². The molecule has 0 amide bonds. The standard InChI is InChI=1S/C23H28FN5O3.C22H26FN5O3.C21H24FN5O3.C19H23N5O4/c1-26-21-19(22(31)27(2)23(26)32)29(15-25-21)12-4-3-11-28-13-9-17(10-14-28)20(30)16-5-7-18(24)8-6-16;1-25-20-18(21(30)26(2)22(25)31)28(14-24-20)11-3-10-27-12-8-16(9-13-27)19(29)15-4-6-17(23)7-5-15;1-24-19-17(20(29)25(2)21(24)30)27(13-23-19)12-11-26-9-7-15(8-10-26)18(28)14-3-5-16(22)6-4-14;1-21-17-15(18(26)22(2)19(21)27)24(12-20-17)9-8-23-6-3-13(4-7-23)16(25)14-5-10-28-11-14/h5-8,15,17H,3-4,9-14H2,1-2H3;4-7,14,16H,3,8-13H2,1-2H3;3-6,13,15H,7-12H2,1-2H3;5,10-13H,3-4,6-9H2,1-2H3. The summed E-state index contributed by atoms with van der Waals surface area (Å²) in [4.78, 5) is 175. The van der Waals surface area contributed by atoms with Gasteiger partial charge in [-0.15, -0.1) is 0 Å². The number of carbonyl (C=O) groups is 4. The van der Waals surface area contributed by atoms with Gasteiger partial charge in [0.25, 0.3) is 22.2 Å². The van der Waals surface area contributed by atoms with E-state index in [4.69, 9.17) is 4.42 Å². The Hall–Kier alpha value is -12.2. The Bertz CT molecular complexity index is 6290. The van der Waals surface area contributed by atoms with Crippen LogP contribution >= 0.6 is 0 Å². The smallest absolute Gasteiger partial charge is 0.332 e. The predicted octanol–water partition coefficient (Wildman–Crippen LogP) is 5.30. The Labute approximate surface area is 691 Å². The molecule has 13 heterocycles. The van der Waals surface area contributed by atoms with E-state index < -0.39 is 5.69 Å². The summed E-state index contributed by atoms with van der Waals surface area (Å²) in [7, 11) is 12.3. The maximum absolute atomic E-state index is 13.1. The molecular weight excluding hydrogens is 1570 g/mol. The first-order valence-electron chi connectivity index (χ1n) is 40.9. The molecule has 0 bridgehead atoms. The zero-order chi connectivity index (χ0) is 86.2. The van der Waals surface area contributed by atoms with Crippen molar-refractivity contribution in [1.82, 2.24) is 94.3 Å². The Morgan fingerprint density at radius 2 is 0.545 bits per heavy atom. The van der Waals surface area contributed by atoms with Crippen molar-refractivity contribution in [1.29, 1.82) is 0 Å². The normalized spacial score (nSPS) is 15.7. The SMILES string of the molecule is Cn1c(=O)c2c(ncn2CCCCN2CCC(C(=O)c3ccc(F)cc3)CC2)n(C)c1=O.Cn1c(=O)c2c(ncn2CCCN2CCC(C(=O)c3ccc(F)cc3)CC2)n(C)c1=O.Cn1c(=O)c2c(ncn2CCN2CCC(C(=O)c3ccc(F)cc3)CC2)n(C)c1=O.Cn1c(=O)c2c(ncn2CCN2CCC(C(=O)c3ccoc3)CC2)n(C)c1=O. The largest absolute Gasteiger partial charge is 0.472 e. The van der Waals surface area contributed by atoms with Crippen LogP contribution in [0.25, 0.3) is 44.7 Å². The maximum Gasteiger partial charge on any atom is 0.332 e. The number of aromatic nitrogens is 16. The average molecular weight is 1670 g/mol. The number of furan rings is 1. The first-order chi connectivity index (χ1) is 58.1. The number of ketones is 4. The van der Waals surface area contributed by atoms with E-state index in [9.17, 15) is 70.7 Å². The fourth-order valence-electron chi connectivity index (χ4n) is 16.7. The fourth-order valence-corrected chi connectivity index (χ4v) is 16.7. The van der Waals surface area contributed by atoms with Crippen molar-refractivity contribution in [2.45, 2.75) is 96.8 Å². The molecule has 4 fully saturated rings. The minimum Gasteiger partial charge on any atom is -0.472 e. The summed E-state index contributed by atoms with van der Waals surface area (Å²) in [6.45, 7) is 12.3. The van der Waals surface area contributed by atoms with Gasteiger partial charge in [0.15, 0.2) is 67.8 Å². The third-order valence-corrected chi connectivity index (χ3v) is 24.2. The average Bonchev–Trinajstić information content (AvgIpc) is 1.67. The van der Waals surface area contributed by atoms with Gasteiger partial charge in [-0.25, -0.2) is 52.3 Å². The quantitative estimate of drug-likeness (QED) is 0.0579. The van der Waals surface area contributed by atoms with Crippen LogP contribution in [0.3, 0.4) is 0 Å². The van der Waals surface area contributed by atoms with Crippen molar-refractivity contribution in [2.75, 3.05) is 78.5 Å². The minimum absolute atomic E-state index is 0.00288. The van der Waals surface area contributed by atoms with Crippen LogP contribution in [0.4, 0.5) is 13.2 Å². The lowest BCUT2D eigenvalue weighted by atomic mass is 9.89. The van der Waals surface area contributed by atoms with Gasteiger partial charge >= 0.3 is 22.8 Å². The van der Waals surface area contributed by atoms with Gasteiger partial charge < -0.3 is 42.3 Å². The summed E-state index contributed by atoms with van der Waals surface area (Å²) >= 11 is 0. The number of benzene rings is 3. The second-order valence-corrected chi connectivity index (χ2v) is 31.8. The van der Waals surface area contributed by atoms with E-state index in [2.05, 4.69) is 39.5 Å². The van der Waals surface area contributed by atoms with Crippen LogP contribution in [-0.4, -0.2) is 196 Å². The molecule has 4 aliphatic heterocycles. The van der Waals surface area contributed by atoms with Crippen molar-refractivity contribution >= 4 is 67.8 Å². The van der Waals surface area contributed by atoms with Crippen molar-refractivity contribution in [3.63, 3.8) is 0 Å². The van der Waals surface area contributed by atoms with Crippen LogP contribution in [-0.2, 0) is 82.6 Å². The lowest BCUT2D eigenvalue weighted by molar-refractivity contribution is 0.0830. The van der Waals surface area contributed by atoms with Crippen molar-refractivity contribution < 1.29 is 36.8 Å². The number of Topliss-reactive ketones (excluding diaryl/α,β-unsaturated/α-hetero) is 4. The fraction of sp³-hybridized carbons (Fsp3) is 0.459. The van der Waals surface area contributed by atoms with Gasteiger partial charge in [-0.2, -0.15) is 0 Å². The molecule has 33 nitrogen and oxygen atoms in total. The molecule has 0 unspecified atom stereocenters. The third kappa shape index (κ3) is 19.1. The van der Waals surface area contributed by atoms with Gasteiger partial charge in [-0.3, -0.25) is 74.9 Å². The number of rotatable bonds is 23. The Morgan fingerprint density at radius 1 is 0.306 bits per heavy atom. The van der Waals surface area contributed by atoms with Crippen LogP contribution in [0, 0.1) is 41.1 Å². The minimum atomic E-state index is -0.398. The number of carbonyl (C=O) groups excluding carboxylic acids is 4. The van der Waals surface area contributed by atoms with Crippen molar-refractivity contribution in [2.24, 2.45) is 80.1 Å². The van der Waals surface area contributed by atoms with E-state index in [1.54, 1.807) is 105 Å². The van der Waals surface area contributed by atoms with Crippen LogP contribution < -0.4 is 45.0 Å². The topological polar surface area (TPSA) is 342 Å². The summed E-state index contributed by atoms with van der Waals surface area (Å²) in [5, 5.41) is 0. The van der Waals surface area contributed by atoms with Gasteiger partial charge in [-0.1, -0.05) is 0 Å². The molecule has 9 aromatic heterocycles. The monoisotopic (exact) mass is 1670 g/mol. The molecule has 0 spiro atoms. The number of halogens is 3. The van der Waals surface area contributed by atoms with Gasteiger partial charge in [0.1, 0.15) is 23.7 Å². The molecule has 0 radical (unpaired) electrons. The molecule has 121 heavy (non-hydrogen) atoms. The van der Waals surface area contributed by atoms with Gasteiger partial charge in [0.05, 0.1) is 37.1 Å². The first kappa shape index (κ1) is 86.7. The van der Waals surface area contributed by atoms with E-state index in [0.717, 1.165) is 167 Å². The predicted molar refractivity (Wildman–Crippen MR) is 447 cm³/mol. The van der Waals surface area contributed by atoms with Crippen LogP contribution in [0.5, 0.6) is 0 Å². The summed E-state index contributed by atoms with van der Waals surface area (Å²) in [5.41, 5.74) is 2.79. The highest BCUT2D eigenvalue weighted by atomic mass is 19.1. The summed E-state index contributed by atoms with van der Waals surface area (Å²) in [6.07, 6.45) is 18.4. The molecule has 640 valence electrons. The van der Waals surface area contributed by atoms with E-state index in [1.807, 2.05) is 9.13 Å². The zero-order valence-electron chi connectivity index (χ0n) is 69.3. The number of aryl methyl sites for hydroxylation is 6. The molecule has 0 N–H and O–H groups in total. The van der Waals surface area contributed by atoms with Gasteiger partial charge in [0.2, 0.25) is 0 Å². The molecule has 36 heteroatoms. The number of fused-ring (bicyclic) bond motifs is 4. The van der Waals surface area contributed by atoms with E-state index >= 15 is 0 Å². The Balaban J connectivity index is 0.000000139. The molecule has 0 aliphatic carbocycles. The lowest BCUT2D eigenvalue weighted by Crippen LogP contribution is -2.39. The summed E-state index contributed by atoms with van der Waals surface area (Å²) in [6, 6.07) is 19.0. The Morgan fingerprint density at radius 3 is 0.818 bits per heavy atom. The Kier molecular flexibility index (Phi) is 27.3. The maximum atomic E-state index is 13.1. The highest BCUT2D eigenvalue weighted by Gasteiger charge is 2.31. The number of unbranched alkanes of at least 4 members (excludes halogenated alkanes) is 1. The number of hydrogen-bond acceptors (Lipinski definition) is 21. The second kappa shape index (κ2) is 38.1. The van der Waals surface area contributed by atoms with E-state index in [-0.39, 0.29) is 104 Å². The molecule has 0 saturated carbocycles. The zero-order valence-corrected chi connectivity index (χ0v) is 69.3. The number of nitrogens with zero attached hydrogens (tertiary/aromatic N) is 20. The van der Waals surface area contributed by atoms with Gasteiger partial charge in [0, 0.05) is 136 Å². The second-order valence-electron chi connectivity index (χ2n) is 31.8. The van der Waals surface area contributed by atoms with Crippen LogP contribution in [0.1, 0.15) is 112 Å². The van der Waals surface area contributed by atoms with Crippen LogP contribution in [0.15, 0.2) is 159 Å². The highest BCUT2D eigenvalue weighted by molar-refractivity contribution is 5.99. The van der Waals surface area contributed by atoms with E-state index in [0.29, 0.717) is 93.1 Å². The molecule has 12 aromatic rings. The molecule has 4 saturated heterocycles. The van der Waals surface area contributed by atoms with Gasteiger partial charge in [-0.05, 0) is 215 Å². The number of hydrogen-bond donors (Lipinski definition) is 0. The first-order valence-corrected chi connectivity index (χ1v) is 40.9. The van der Waals surface area contributed by atoms with Crippen molar-refractivity contribution in [3.8, 4) is 0 Å². The van der Waals surface area contributed by atoms with E-state index in [1.165, 1.54) is 95.4 Å². The number of imidazole rings is 4. The third-order valence-electron chi connectivity index (χ3n) is 24.2.